The number of fused-ring (bicyclic) bond motifs is 5. The molecule has 0 amide bonds. The summed E-state index contributed by atoms with van der Waals surface area (Å²) in [6, 6.07) is 0. The van der Waals surface area contributed by atoms with Gasteiger partial charge in [0.05, 0.1) is 6.10 Å². The van der Waals surface area contributed by atoms with Gasteiger partial charge in [0, 0.05) is 0 Å². The average Bonchev–Trinajstić information content (AvgIpc) is 3.00. The van der Waals surface area contributed by atoms with E-state index in [0.717, 1.165) is 59.8 Å². The Bertz CT molecular complexity index is 607. The van der Waals surface area contributed by atoms with Crippen LogP contribution < -0.4 is 0 Å². The molecule has 0 bridgehead atoms. The molecule has 4 fully saturated rings. The zero-order valence-electron chi connectivity index (χ0n) is 20.1. The van der Waals surface area contributed by atoms with E-state index in [1.54, 1.807) is 0 Å². The van der Waals surface area contributed by atoms with Gasteiger partial charge in [-0.15, -0.1) is 0 Å². The largest absolute Gasteiger partial charge is 0.389 e. The van der Waals surface area contributed by atoms with Gasteiger partial charge in [-0.3, -0.25) is 0 Å². The lowest BCUT2D eigenvalue weighted by Gasteiger charge is -2.61. The van der Waals surface area contributed by atoms with E-state index >= 15 is 0 Å². The van der Waals surface area contributed by atoms with Crippen molar-refractivity contribution in [3.8, 4) is 0 Å². The normalized spacial score (nSPS) is 48.2. The van der Waals surface area contributed by atoms with E-state index in [0.29, 0.717) is 10.8 Å². The highest BCUT2D eigenvalue weighted by Gasteiger charge is 2.60. The van der Waals surface area contributed by atoms with Crippen molar-refractivity contribution in [2.75, 3.05) is 0 Å². The predicted octanol–water partition coefficient (Wildman–Crippen LogP) is 7.63. The first-order chi connectivity index (χ1) is 13.7. The van der Waals surface area contributed by atoms with Gasteiger partial charge in [-0.1, -0.05) is 60.5 Å². The summed E-state index contributed by atoms with van der Waals surface area (Å²) in [7, 11) is 0. The predicted molar refractivity (Wildman–Crippen MR) is 124 cm³/mol. The third kappa shape index (κ3) is 3.66. The number of aliphatic hydroxyl groups is 1. The van der Waals surface area contributed by atoms with Crippen LogP contribution in [-0.2, 0) is 0 Å². The highest BCUT2D eigenvalue weighted by atomic mass is 16.3. The molecule has 0 radical (unpaired) electrons. The summed E-state index contributed by atoms with van der Waals surface area (Å²) in [4.78, 5) is 0. The molecule has 1 nitrogen and oxygen atoms in total. The zero-order chi connectivity index (χ0) is 21.0. The van der Waals surface area contributed by atoms with Gasteiger partial charge in [0.25, 0.3) is 0 Å². The molecule has 0 aromatic heterocycles. The Labute approximate surface area is 181 Å². The number of rotatable bonds is 5. The minimum atomic E-state index is -0.235. The molecule has 0 spiro atoms. The third-order valence-electron chi connectivity index (χ3n) is 10.9. The number of aliphatic hydroxyl groups excluding tert-OH is 1. The molecule has 0 heterocycles. The second-order valence-corrected chi connectivity index (χ2v) is 12.8. The first-order valence-electron chi connectivity index (χ1n) is 13.0. The van der Waals surface area contributed by atoms with Gasteiger partial charge in [-0.05, 0) is 109 Å². The number of hydrogen-bond donors (Lipinski definition) is 1. The van der Waals surface area contributed by atoms with Crippen molar-refractivity contribution < 1.29 is 5.11 Å². The molecule has 166 valence electrons. The molecule has 0 saturated heterocycles. The van der Waals surface area contributed by atoms with Gasteiger partial charge in [0.15, 0.2) is 0 Å². The Balaban J connectivity index is 1.48. The van der Waals surface area contributed by atoms with E-state index in [1.807, 2.05) is 0 Å². The molecule has 4 rings (SSSR count). The summed E-state index contributed by atoms with van der Waals surface area (Å²) < 4.78 is 0. The van der Waals surface area contributed by atoms with Crippen molar-refractivity contribution in [3.05, 3.63) is 12.2 Å². The van der Waals surface area contributed by atoms with Crippen molar-refractivity contribution in [1.82, 2.24) is 0 Å². The summed E-state index contributed by atoms with van der Waals surface area (Å²) >= 11 is 0. The van der Waals surface area contributed by atoms with E-state index in [1.165, 1.54) is 57.8 Å². The first kappa shape index (κ1) is 21.9. The molecule has 0 aliphatic heterocycles. The van der Waals surface area contributed by atoms with E-state index < -0.39 is 0 Å². The van der Waals surface area contributed by atoms with Crippen LogP contribution in [0.3, 0.4) is 0 Å². The van der Waals surface area contributed by atoms with Crippen LogP contribution in [0.2, 0.25) is 0 Å². The van der Waals surface area contributed by atoms with Crippen molar-refractivity contribution in [3.63, 3.8) is 0 Å². The lowest BCUT2D eigenvalue weighted by Crippen LogP contribution is -2.54. The molecule has 29 heavy (non-hydrogen) atoms. The maximum atomic E-state index is 10.4. The molecular formula is C28H48O. The van der Waals surface area contributed by atoms with E-state index in [9.17, 15) is 5.11 Å². The minimum Gasteiger partial charge on any atom is -0.389 e. The molecule has 4 saturated carbocycles. The van der Waals surface area contributed by atoms with Crippen LogP contribution in [0.5, 0.6) is 0 Å². The lowest BCUT2D eigenvalue weighted by molar-refractivity contribution is -0.117. The van der Waals surface area contributed by atoms with Crippen molar-refractivity contribution in [2.24, 2.45) is 52.3 Å². The molecule has 1 heteroatoms. The molecular weight excluding hydrogens is 352 g/mol. The van der Waals surface area contributed by atoms with Gasteiger partial charge < -0.3 is 5.11 Å². The molecule has 9 unspecified atom stereocenters. The lowest BCUT2D eigenvalue weighted by atomic mass is 9.44. The fraction of sp³-hybridized carbons (Fsp3) is 0.929. The Hall–Kier alpha value is -0.300. The highest BCUT2D eigenvalue weighted by Crippen LogP contribution is 2.68. The van der Waals surface area contributed by atoms with Gasteiger partial charge >= 0.3 is 0 Å². The second-order valence-electron chi connectivity index (χ2n) is 12.8. The highest BCUT2D eigenvalue weighted by molar-refractivity contribution is 5.17. The fourth-order valence-corrected chi connectivity index (χ4v) is 9.27. The fourth-order valence-electron chi connectivity index (χ4n) is 9.27. The number of hydrogen-bond acceptors (Lipinski definition) is 1. The van der Waals surface area contributed by atoms with Crippen LogP contribution >= 0.6 is 0 Å². The van der Waals surface area contributed by atoms with Crippen LogP contribution in [0.15, 0.2) is 12.2 Å². The third-order valence-corrected chi connectivity index (χ3v) is 10.9. The first-order valence-corrected chi connectivity index (χ1v) is 13.0. The van der Waals surface area contributed by atoms with Crippen LogP contribution in [0.25, 0.3) is 0 Å². The Morgan fingerprint density at radius 3 is 2.41 bits per heavy atom. The summed E-state index contributed by atoms with van der Waals surface area (Å²) in [6.45, 7) is 16.9. The van der Waals surface area contributed by atoms with Gasteiger partial charge in [0.1, 0.15) is 0 Å². The SMILES string of the molecule is C=C1CC2(C)C(CCC3C2CCC2(C)C(C(C)CCCC(C)C)CCC32)CC1O. The maximum absolute atomic E-state index is 10.4. The van der Waals surface area contributed by atoms with Crippen molar-refractivity contribution in [1.29, 1.82) is 0 Å². The van der Waals surface area contributed by atoms with Gasteiger partial charge in [-0.2, -0.15) is 0 Å². The van der Waals surface area contributed by atoms with E-state index in [2.05, 4.69) is 41.2 Å². The molecule has 1 N–H and O–H groups in total. The smallest absolute Gasteiger partial charge is 0.0750 e. The quantitative estimate of drug-likeness (QED) is 0.470. The zero-order valence-corrected chi connectivity index (χ0v) is 20.1. The van der Waals surface area contributed by atoms with Crippen molar-refractivity contribution >= 4 is 0 Å². The summed E-state index contributed by atoms with van der Waals surface area (Å²) in [6.07, 6.45) is 14.7. The van der Waals surface area contributed by atoms with Crippen LogP contribution in [0.4, 0.5) is 0 Å². The molecule has 4 aliphatic rings. The van der Waals surface area contributed by atoms with E-state index in [-0.39, 0.29) is 6.10 Å². The topological polar surface area (TPSA) is 20.2 Å². The second kappa shape index (κ2) is 7.99. The molecule has 0 aromatic rings. The summed E-state index contributed by atoms with van der Waals surface area (Å²) in [5, 5.41) is 10.4. The van der Waals surface area contributed by atoms with Crippen LogP contribution in [0, 0.1) is 52.3 Å². The summed E-state index contributed by atoms with van der Waals surface area (Å²) in [5.41, 5.74) is 2.12. The van der Waals surface area contributed by atoms with Crippen LogP contribution in [0.1, 0.15) is 105 Å². The van der Waals surface area contributed by atoms with E-state index in [4.69, 9.17) is 0 Å². The maximum Gasteiger partial charge on any atom is 0.0750 e. The summed E-state index contributed by atoms with van der Waals surface area (Å²) in [5.74, 6) is 6.19. The van der Waals surface area contributed by atoms with Crippen molar-refractivity contribution in [2.45, 2.75) is 111 Å². The molecule has 9 atom stereocenters. The average molecular weight is 401 g/mol. The Morgan fingerprint density at radius 1 is 0.966 bits per heavy atom. The van der Waals surface area contributed by atoms with Crippen LogP contribution in [-0.4, -0.2) is 11.2 Å². The van der Waals surface area contributed by atoms with Gasteiger partial charge in [-0.25, -0.2) is 0 Å². The Kier molecular flexibility index (Phi) is 6.04. The monoisotopic (exact) mass is 400 g/mol. The molecule has 0 aromatic carbocycles. The Morgan fingerprint density at radius 2 is 1.69 bits per heavy atom. The standard InChI is InChI=1S/C28H48O/c1-18(2)8-7-9-19(3)23-12-13-24-22-11-10-21-16-26(29)20(4)17-28(21,6)25(22)14-15-27(23,24)5/h18-19,21-26,29H,4,7-17H2,1-3,5-6H3. The minimum absolute atomic E-state index is 0.235. The molecule has 4 aliphatic carbocycles. The van der Waals surface area contributed by atoms with Gasteiger partial charge in [0.2, 0.25) is 0 Å².